The third-order valence-electron chi connectivity index (χ3n) is 1.94. The van der Waals surface area contributed by atoms with E-state index < -0.39 is 12.0 Å². The highest BCUT2D eigenvalue weighted by molar-refractivity contribution is 7.99. The minimum atomic E-state index is -1.04. The van der Waals surface area contributed by atoms with Crippen molar-refractivity contribution in [2.24, 2.45) is 0 Å². The van der Waals surface area contributed by atoms with E-state index in [1.54, 1.807) is 0 Å². The lowest BCUT2D eigenvalue weighted by atomic mass is 10.3. The average Bonchev–Trinajstić information content (AvgIpc) is 2.23. The van der Waals surface area contributed by atoms with Gasteiger partial charge in [-0.3, -0.25) is 4.79 Å². The summed E-state index contributed by atoms with van der Waals surface area (Å²) in [5.41, 5.74) is 0.876. The van der Waals surface area contributed by atoms with Gasteiger partial charge in [-0.15, -0.1) is 11.8 Å². The summed E-state index contributed by atoms with van der Waals surface area (Å²) < 4.78 is 0. The zero-order valence-corrected chi connectivity index (χ0v) is 10.5. The lowest BCUT2D eigenvalue weighted by molar-refractivity contribution is -0.140. The second-order valence-electron chi connectivity index (χ2n) is 3.52. The van der Waals surface area contributed by atoms with E-state index in [1.807, 2.05) is 25.1 Å². The Hall–Kier alpha value is -1.56. The molecule has 1 atom stereocenters. The number of aryl methyl sites for hydroxylation is 1. The van der Waals surface area contributed by atoms with E-state index in [9.17, 15) is 9.59 Å². The Morgan fingerprint density at radius 2 is 2.24 bits per heavy atom. The Morgan fingerprint density at radius 3 is 2.76 bits per heavy atom. The Morgan fingerprint density at radius 1 is 1.53 bits per heavy atom. The Labute approximate surface area is 104 Å². The van der Waals surface area contributed by atoms with Crippen LogP contribution in [0.2, 0.25) is 0 Å². The summed E-state index contributed by atoms with van der Waals surface area (Å²) in [7, 11) is 0. The molecular weight excluding hydrogens is 240 g/mol. The fourth-order valence-electron chi connectivity index (χ4n) is 1.19. The monoisotopic (exact) mass is 254 g/mol. The maximum Gasteiger partial charge on any atom is 0.327 e. The van der Waals surface area contributed by atoms with E-state index in [0.29, 0.717) is 0 Å². The smallest absolute Gasteiger partial charge is 0.327 e. The van der Waals surface area contributed by atoms with Crippen LogP contribution < -0.4 is 5.32 Å². The van der Waals surface area contributed by atoms with Gasteiger partial charge in [-0.25, -0.2) is 9.78 Å². The zero-order valence-electron chi connectivity index (χ0n) is 9.64. The van der Waals surface area contributed by atoms with Crippen LogP contribution in [0, 0.1) is 6.92 Å². The maximum absolute atomic E-state index is 10.9. The van der Waals surface area contributed by atoms with Gasteiger partial charge in [0.25, 0.3) is 0 Å². The van der Waals surface area contributed by atoms with Gasteiger partial charge in [0, 0.05) is 18.4 Å². The van der Waals surface area contributed by atoms with Gasteiger partial charge in [0.2, 0.25) is 5.91 Å². The molecule has 17 heavy (non-hydrogen) atoms. The molecule has 0 aliphatic carbocycles. The molecule has 0 aliphatic heterocycles. The van der Waals surface area contributed by atoms with Gasteiger partial charge < -0.3 is 10.4 Å². The molecule has 0 aliphatic rings. The van der Waals surface area contributed by atoms with Crippen LogP contribution in [0.4, 0.5) is 0 Å². The number of pyridine rings is 1. The fourth-order valence-corrected chi connectivity index (χ4v) is 2.13. The van der Waals surface area contributed by atoms with Crippen molar-refractivity contribution in [2.75, 3.05) is 5.75 Å². The van der Waals surface area contributed by atoms with E-state index in [2.05, 4.69) is 10.3 Å². The van der Waals surface area contributed by atoms with E-state index in [-0.39, 0.29) is 11.7 Å². The van der Waals surface area contributed by atoms with Crippen LogP contribution in [0.5, 0.6) is 0 Å². The SMILES string of the molecule is CC(=O)N[C@@H](CSc1cccc(C)n1)C(=O)O. The molecule has 1 aromatic rings. The number of thioether (sulfide) groups is 1. The van der Waals surface area contributed by atoms with Crippen LogP contribution in [-0.2, 0) is 9.59 Å². The molecular formula is C11H14N2O3S. The molecule has 0 aromatic carbocycles. The van der Waals surface area contributed by atoms with Crippen LogP contribution in [0.15, 0.2) is 23.2 Å². The van der Waals surface area contributed by atoms with Crippen LogP contribution in [0.1, 0.15) is 12.6 Å². The number of nitrogens with one attached hydrogen (secondary N) is 1. The van der Waals surface area contributed by atoms with Gasteiger partial charge in [0.1, 0.15) is 6.04 Å². The van der Waals surface area contributed by atoms with Gasteiger partial charge in [-0.2, -0.15) is 0 Å². The molecule has 5 nitrogen and oxygen atoms in total. The quantitative estimate of drug-likeness (QED) is 0.768. The largest absolute Gasteiger partial charge is 0.480 e. The molecule has 0 radical (unpaired) electrons. The normalized spacial score (nSPS) is 11.9. The molecule has 1 rings (SSSR count). The highest BCUT2D eigenvalue weighted by atomic mass is 32.2. The number of carbonyl (C=O) groups is 2. The van der Waals surface area contributed by atoms with Crippen molar-refractivity contribution < 1.29 is 14.7 Å². The van der Waals surface area contributed by atoms with Crippen LogP contribution in [0.25, 0.3) is 0 Å². The van der Waals surface area contributed by atoms with Gasteiger partial charge in [-0.1, -0.05) is 6.07 Å². The third kappa shape index (κ3) is 4.86. The Kier molecular flexibility index (Phi) is 4.96. The number of nitrogens with zero attached hydrogens (tertiary/aromatic N) is 1. The number of carboxylic acids is 1. The second-order valence-corrected chi connectivity index (χ2v) is 4.56. The number of hydrogen-bond acceptors (Lipinski definition) is 4. The topological polar surface area (TPSA) is 79.3 Å². The predicted molar refractivity (Wildman–Crippen MR) is 64.9 cm³/mol. The number of hydrogen-bond donors (Lipinski definition) is 2. The first-order chi connectivity index (χ1) is 7.99. The molecule has 0 fully saturated rings. The van der Waals surface area contributed by atoms with Gasteiger partial charge in [0.05, 0.1) is 5.03 Å². The molecule has 0 saturated carbocycles. The Bertz CT molecular complexity index is 423. The summed E-state index contributed by atoms with van der Waals surface area (Å²) in [6, 6.07) is 4.65. The summed E-state index contributed by atoms with van der Waals surface area (Å²) in [6.45, 7) is 3.16. The lowest BCUT2D eigenvalue weighted by Gasteiger charge is -2.12. The minimum Gasteiger partial charge on any atom is -0.480 e. The van der Waals surface area contributed by atoms with Crippen molar-refractivity contribution in [1.82, 2.24) is 10.3 Å². The third-order valence-corrected chi connectivity index (χ3v) is 2.96. The van der Waals surface area contributed by atoms with Crippen molar-refractivity contribution in [1.29, 1.82) is 0 Å². The minimum absolute atomic E-state index is 0.255. The second kappa shape index (κ2) is 6.24. The standard InChI is InChI=1S/C11H14N2O3S/c1-7-4-3-5-10(12-7)17-6-9(11(15)16)13-8(2)14/h3-5,9H,6H2,1-2H3,(H,13,14)(H,15,16)/t9-/m0/s1. The molecule has 0 spiro atoms. The first-order valence-corrected chi connectivity index (χ1v) is 6.04. The number of aliphatic carboxylic acids is 1. The first-order valence-electron chi connectivity index (χ1n) is 5.05. The van der Waals surface area contributed by atoms with Crippen LogP contribution >= 0.6 is 11.8 Å². The van der Waals surface area contributed by atoms with E-state index in [0.717, 1.165) is 10.7 Å². The van der Waals surface area contributed by atoms with Crippen molar-refractivity contribution in [3.63, 3.8) is 0 Å². The molecule has 0 saturated heterocycles. The van der Waals surface area contributed by atoms with Crippen molar-refractivity contribution >= 4 is 23.6 Å². The number of carboxylic acid groups (broad SMARTS) is 1. The summed E-state index contributed by atoms with van der Waals surface area (Å²) in [5, 5.41) is 12.0. The fraction of sp³-hybridized carbons (Fsp3) is 0.364. The van der Waals surface area contributed by atoms with E-state index in [1.165, 1.54) is 18.7 Å². The predicted octanol–water partition coefficient (Wildman–Crippen LogP) is 1.07. The van der Waals surface area contributed by atoms with Crippen LogP contribution in [0.3, 0.4) is 0 Å². The zero-order chi connectivity index (χ0) is 12.8. The van der Waals surface area contributed by atoms with Gasteiger partial charge in [-0.05, 0) is 19.1 Å². The van der Waals surface area contributed by atoms with E-state index in [4.69, 9.17) is 5.11 Å². The molecule has 0 bridgehead atoms. The van der Waals surface area contributed by atoms with Gasteiger partial charge in [0.15, 0.2) is 0 Å². The van der Waals surface area contributed by atoms with Crippen molar-refractivity contribution in [3.05, 3.63) is 23.9 Å². The molecule has 1 aromatic heterocycles. The van der Waals surface area contributed by atoms with Crippen molar-refractivity contribution in [3.8, 4) is 0 Å². The number of rotatable bonds is 5. The number of carbonyl (C=O) groups excluding carboxylic acids is 1. The lowest BCUT2D eigenvalue weighted by Crippen LogP contribution is -2.41. The molecule has 92 valence electrons. The van der Waals surface area contributed by atoms with Crippen molar-refractivity contribution in [2.45, 2.75) is 24.9 Å². The summed E-state index contributed by atoms with van der Waals surface area (Å²) in [4.78, 5) is 25.9. The molecule has 2 N–H and O–H groups in total. The number of amides is 1. The molecule has 1 amide bonds. The van der Waals surface area contributed by atoms with Gasteiger partial charge >= 0.3 is 5.97 Å². The highest BCUT2D eigenvalue weighted by Gasteiger charge is 2.18. The summed E-state index contributed by atoms with van der Waals surface area (Å²) >= 11 is 1.31. The number of aromatic nitrogens is 1. The first kappa shape index (κ1) is 13.5. The average molecular weight is 254 g/mol. The van der Waals surface area contributed by atoms with Crippen LogP contribution in [-0.4, -0.2) is 33.8 Å². The van der Waals surface area contributed by atoms with E-state index >= 15 is 0 Å². The highest BCUT2D eigenvalue weighted by Crippen LogP contribution is 2.16. The summed E-state index contributed by atoms with van der Waals surface area (Å²) in [5.74, 6) is -1.14. The molecule has 0 unspecified atom stereocenters. The Balaban J connectivity index is 2.57. The summed E-state index contributed by atoms with van der Waals surface area (Å²) in [6.07, 6.45) is 0. The molecule has 1 heterocycles. The molecule has 6 heteroatoms. The maximum atomic E-state index is 10.9.